The minimum atomic E-state index is -0.545. The fraction of sp³-hybridized carbons (Fsp3) is 0.385. The first-order valence-electron chi connectivity index (χ1n) is 5.31. The predicted molar refractivity (Wildman–Crippen MR) is 70.6 cm³/mol. The Bertz CT molecular complexity index is 455. The van der Waals surface area contributed by atoms with Crippen LogP contribution in [0.15, 0.2) is 22.7 Å². The maximum atomic E-state index is 11.9. The summed E-state index contributed by atoms with van der Waals surface area (Å²) in [5, 5.41) is 11.6. The van der Waals surface area contributed by atoms with Gasteiger partial charge in [-0.15, -0.1) is 0 Å². The summed E-state index contributed by atoms with van der Waals surface area (Å²) >= 11 is 3.35. The van der Waals surface area contributed by atoms with Crippen molar-refractivity contribution in [3.63, 3.8) is 0 Å². The molecule has 0 aliphatic heterocycles. The SMILES string of the molecule is Cc1cc(Br)cc(C(=O)NCC(C)(C)C#N)c1. The summed E-state index contributed by atoms with van der Waals surface area (Å²) in [4.78, 5) is 11.9. The third kappa shape index (κ3) is 4.20. The van der Waals surface area contributed by atoms with Crippen LogP contribution in [0.1, 0.15) is 29.8 Å². The molecule has 90 valence electrons. The molecule has 0 saturated carbocycles. The number of carbonyl (C=O) groups is 1. The summed E-state index contributed by atoms with van der Waals surface area (Å²) < 4.78 is 0.877. The van der Waals surface area contributed by atoms with Crippen molar-refractivity contribution in [1.29, 1.82) is 5.26 Å². The standard InChI is InChI=1S/C13H15BrN2O/c1-9-4-10(6-11(14)5-9)12(17)16-8-13(2,3)7-15/h4-6H,8H2,1-3H3,(H,16,17). The lowest BCUT2D eigenvalue weighted by Gasteiger charge is -2.16. The Kier molecular flexibility index (Phi) is 4.30. The lowest BCUT2D eigenvalue weighted by molar-refractivity contribution is 0.0943. The monoisotopic (exact) mass is 294 g/mol. The van der Waals surface area contributed by atoms with Crippen LogP contribution in [0.4, 0.5) is 0 Å². The average molecular weight is 295 g/mol. The number of aryl methyl sites for hydroxylation is 1. The number of nitrogens with one attached hydrogen (secondary N) is 1. The fourth-order valence-corrected chi connectivity index (χ4v) is 1.92. The number of amides is 1. The van der Waals surface area contributed by atoms with E-state index < -0.39 is 5.41 Å². The Labute approximate surface area is 110 Å². The van der Waals surface area contributed by atoms with E-state index in [0.717, 1.165) is 10.0 Å². The van der Waals surface area contributed by atoms with Crippen molar-refractivity contribution in [2.24, 2.45) is 5.41 Å². The summed E-state index contributed by atoms with van der Waals surface area (Å²) in [6, 6.07) is 7.67. The first kappa shape index (κ1) is 13.7. The number of nitriles is 1. The molecule has 3 nitrogen and oxygen atoms in total. The highest BCUT2D eigenvalue weighted by atomic mass is 79.9. The quantitative estimate of drug-likeness (QED) is 0.931. The lowest BCUT2D eigenvalue weighted by Crippen LogP contribution is -2.33. The second-order valence-electron chi connectivity index (χ2n) is 4.70. The highest BCUT2D eigenvalue weighted by Gasteiger charge is 2.18. The molecule has 1 amide bonds. The number of rotatable bonds is 3. The molecular weight excluding hydrogens is 280 g/mol. The van der Waals surface area contributed by atoms with E-state index in [2.05, 4.69) is 27.3 Å². The molecule has 0 aromatic heterocycles. The van der Waals surface area contributed by atoms with E-state index in [0.29, 0.717) is 12.1 Å². The third-order valence-electron chi connectivity index (χ3n) is 2.30. The van der Waals surface area contributed by atoms with Gasteiger partial charge in [0.1, 0.15) is 0 Å². The van der Waals surface area contributed by atoms with Crippen LogP contribution in [0.2, 0.25) is 0 Å². The Balaban J connectivity index is 2.75. The lowest BCUT2D eigenvalue weighted by atomic mass is 9.96. The molecule has 0 bridgehead atoms. The summed E-state index contributed by atoms with van der Waals surface area (Å²) in [6.45, 7) is 5.85. The molecule has 1 rings (SSSR count). The van der Waals surface area contributed by atoms with Gasteiger partial charge in [-0.2, -0.15) is 5.26 Å². The second kappa shape index (κ2) is 5.33. The molecule has 1 aromatic rings. The molecule has 1 N–H and O–H groups in total. The van der Waals surface area contributed by atoms with Crippen LogP contribution in [0, 0.1) is 23.7 Å². The first-order valence-corrected chi connectivity index (χ1v) is 6.10. The van der Waals surface area contributed by atoms with Gasteiger partial charge in [-0.3, -0.25) is 4.79 Å². The van der Waals surface area contributed by atoms with Crippen LogP contribution in [-0.2, 0) is 0 Å². The summed E-state index contributed by atoms with van der Waals surface area (Å²) in [6.07, 6.45) is 0. The smallest absolute Gasteiger partial charge is 0.251 e. The first-order chi connectivity index (χ1) is 7.84. The third-order valence-corrected chi connectivity index (χ3v) is 2.76. The zero-order valence-electron chi connectivity index (χ0n) is 10.2. The Morgan fingerprint density at radius 3 is 2.65 bits per heavy atom. The van der Waals surface area contributed by atoms with E-state index in [1.54, 1.807) is 19.9 Å². The topological polar surface area (TPSA) is 52.9 Å². The van der Waals surface area contributed by atoms with Gasteiger partial charge in [0.15, 0.2) is 0 Å². The van der Waals surface area contributed by atoms with Gasteiger partial charge in [0.05, 0.1) is 11.5 Å². The predicted octanol–water partition coefficient (Wildman–Crippen LogP) is 3.04. The van der Waals surface area contributed by atoms with E-state index in [4.69, 9.17) is 5.26 Å². The molecule has 0 atom stereocenters. The molecule has 0 aliphatic carbocycles. The van der Waals surface area contributed by atoms with Gasteiger partial charge in [0, 0.05) is 16.6 Å². The number of halogens is 1. The Hall–Kier alpha value is -1.34. The van der Waals surface area contributed by atoms with Gasteiger partial charge in [-0.1, -0.05) is 15.9 Å². The van der Waals surface area contributed by atoms with Crippen molar-refractivity contribution in [3.8, 4) is 6.07 Å². The van der Waals surface area contributed by atoms with Gasteiger partial charge in [0.2, 0.25) is 0 Å². The molecule has 0 aliphatic rings. The van der Waals surface area contributed by atoms with E-state index >= 15 is 0 Å². The van der Waals surface area contributed by atoms with E-state index in [9.17, 15) is 4.79 Å². The maximum Gasteiger partial charge on any atom is 0.251 e. The average Bonchev–Trinajstić information content (AvgIpc) is 2.24. The van der Waals surface area contributed by atoms with Crippen LogP contribution >= 0.6 is 15.9 Å². The molecule has 0 spiro atoms. The Morgan fingerprint density at radius 2 is 2.12 bits per heavy atom. The number of hydrogen-bond donors (Lipinski definition) is 1. The number of carbonyl (C=O) groups excluding carboxylic acids is 1. The molecule has 1 aromatic carbocycles. The summed E-state index contributed by atoms with van der Waals surface area (Å²) in [7, 11) is 0. The fourth-order valence-electron chi connectivity index (χ4n) is 1.31. The van der Waals surface area contributed by atoms with Gasteiger partial charge in [0.25, 0.3) is 5.91 Å². The van der Waals surface area contributed by atoms with Crippen molar-refractivity contribution in [3.05, 3.63) is 33.8 Å². The van der Waals surface area contributed by atoms with E-state index in [1.165, 1.54) is 0 Å². The minimum absolute atomic E-state index is 0.155. The van der Waals surface area contributed by atoms with Gasteiger partial charge >= 0.3 is 0 Å². The molecule has 0 heterocycles. The van der Waals surface area contributed by atoms with E-state index in [-0.39, 0.29) is 5.91 Å². The summed E-state index contributed by atoms with van der Waals surface area (Å²) in [5.41, 5.74) is 1.08. The Morgan fingerprint density at radius 1 is 1.47 bits per heavy atom. The van der Waals surface area contributed by atoms with Crippen molar-refractivity contribution in [1.82, 2.24) is 5.32 Å². The van der Waals surface area contributed by atoms with Crippen LogP contribution in [0.5, 0.6) is 0 Å². The molecule has 4 heteroatoms. The second-order valence-corrected chi connectivity index (χ2v) is 5.61. The molecule has 0 fully saturated rings. The van der Waals surface area contributed by atoms with Crippen molar-refractivity contribution >= 4 is 21.8 Å². The zero-order valence-corrected chi connectivity index (χ0v) is 11.8. The number of benzene rings is 1. The van der Waals surface area contributed by atoms with Crippen LogP contribution < -0.4 is 5.32 Å². The molecule has 0 saturated heterocycles. The van der Waals surface area contributed by atoms with Crippen molar-refractivity contribution in [2.75, 3.05) is 6.54 Å². The van der Waals surface area contributed by atoms with Crippen LogP contribution in [0.25, 0.3) is 0 Å². The summed E-state index contributed by atoms with van der Waals surface area (Å²) in [5.74, 6) is -0.155. The van der Waals surface area contributed by atoms with Crippen LogP contribution in [0.3, 0.4) is 0 Å². The van der Waals surface area contributed by atoms with Crippen LogP contribution in [-0.4, -0.2) is 12.5 Å². The zero-order chi connectivity index (χ0) is 13.1. The normalized spacial score (nSPS) is 10.8. The molecule has 17 heavy (non-hydrogen) atoms. The molecular formula is C13H15BrN2O. The van der Waals surface area contributed by atoms with Crippen molar-refractivity contribution in [2.45, 2.75) is 20.8 Å². The van der Waals surface area contributed by atoms with Gasteiger partial charge < -0.3 is 5.32 Å². The maximum absolute atomic E-state index is 11.9. The van der Waals surface area contributed by atoms with Gasteiger partial charge in [-0.25, -0.2) is 0 Å². The highest BCUT2D eigenvalue weighted by molar-refractivity contribution is 9.10. The molecule has 0 unspecified atom stereocenters. The number of hydrogen-bond acceptors (Lipinski definition) is 2. The minimum Gasteiger partial charge on any atom is -0.350 e. The van der Waals surface area contributed by atoms with Gasteiger partial charge in [-0.05, 0) is 44.5 Å². The van der Waals surface area contributed by atoms with E-state index in [1.807, 2.05) is 19.1 Å². The highest BCUT2D eigenvalue weighted by Crippen LogP contribution is 2.16. The van der Waals surface area contributed by atoms with Crippen molar-refractivity contribution < 1.29 is 4.79 Å². The number of nitrogens with zero attached hydrogens (tertiary/aromatic N) is 1. The largest absolute Gasteiger partial charge is 0.350 e. The molecule has 0 radical (unpaired) electrons.